The van der Waals surface area contributed by atoms with Crippen LogP contribution in [0.2, 0.25) is 0 Å². The summed E-state index contributed by atoms with van der Waals surface area (Å²) >= 11 is 0. The van der Waals surface area contributed by atoms with Crippen LogP contribution in [0.15, 0.2) is 72.9 Å². The Morgan fingerprint density at radius 2 is 1.85 bits per heavy atom. The van der Waals surface area contributed by atoms with Gasteiger partial charge in [0.2, 0.25) is 11.5 Å². The minimum absolute atomic E-state index is 0.480. The normalized spacial score (nSPS) is 14.8. The standard InChI is InChI=1S/C22H17N4/c1-24-20-18(12-7-13-23-20)19-22(24)25-14-15-8-5-6-11-17(15)21(25)26(19)16-9-3-2-4-10-16/h2-13H,14H2,1H3/q+1/i1D3. The van der Waals surface area contributed by atoms with Crippen molar-refractivity contribution in [3.8, 4) is 17.1 Å². The van der Waals surface area contributed by atoms with Gasteiger partial charge in [0.1, 0.15) is 5.69 Å². The van der Waals surface area contributed by atoms with Crippen molar-refractivity contribution in [3.63, 3.8) is 0 Å². The predicted octanol–water partition coefficient (Wildman–Crippen LogP) is 3.83. The van der Waals surface area contributed by atoms with E-state index >= 15 is 0 Å². The van der Waals surface area contributed by atoms with Crippen LogP contribution >= 0.6 is 0 Å². The maximum atomic E-state index is 8.22. The third kappa shape index (κ3) is 1.59. The minimum atomic E-state index is -2.34. The highest BCUT2D eigenvalue weighted by molar-refractivity contribution is 6.04. The minimum Gasteiger partial charge on any atom is -0.243 e. The molecule has 0 bridgehead atoms. The van der Waals surface area contributed by atoms with Crippen LogP contribution in [0.1, 0.15) is 9.68 Å². The SMILES string of the molecule is [2H]C([2H])([2H])n1c2ncccc2c2c1[n+]1c(n2-c2ccccc2)-c2ccccc2C1. The number of fused-ring (bicyclic) bond motifs is 7. The van der Waals surface area contributed by atoms with E-state index in [1.807, 2.05) is 42.5 Å². The largest absolute Gasteiger partial charge is 0.271 e. The summed E-state index contributed by atoms with van der Waals surface area (Å²) < 4.78 is 30.4. The number of aryl methyl sites for hydroxylation is 1. The predicted molar refractivity (Wildman–Crippen MR) is 102 cm³/mol. The molecule has 3 aromatic heterocycles. The van der Waals surface area contributed by atoms with Gasteiger partial charge >= 0.3 is 0 Å². The molecular weight excluding hydrogens is 320 g/mol. The lowest BCUT2D eigenvalue weighted by Gasteiger charge is -2.04. The molecule has 1 aliphatic heterocycles. The lowest BCUT2D eigenvalue weighted by molar-refractivity contribution is -0.648. The quantitative estimate of drug-likeness (QED) is 0.418. The van der Waals surface area contributed by atoms with Gasteiger partial charge < -0.3 is 0 Å². The molecule has 4 heterocycles. The first kappa shape index (κ1) is 11.3. The van der Waals surface area contributed by atoms with Crippen molar-refractivity contribution in [2.45, 2.75) is 6.54 Å². The molecule has 1 aliphatic rings. The molecule has 0 N–H and O–H groups in total. The maximum Gasteiger partial charge on any atom is 0.271 e. The van der Waals surface area contributed by atoms with E-state index in [9.17, 15) is 0 Å². The monoisotopic (exact) mass is 340 g/mol. The van der Waals surface area contributed by atoms with Gasteiger partial charge in [-0.1, -0.05) is 36.4 Å². The van der Waals surface area contributed by atoms with Crippen LogP contribution in [0.25, 0.3) is 39.3 Å². The van der Waals surface area contributed by atoms with Crippen molar-refractivity contribution in [1.82, 2.24) is 14.1 Å². The van der Waals surface area contributed by atoms with Crippen molar-refractivity contribution >= 4 is 22.2 Å². The van der Waals surface area contributed by atoms with Gasteiger partial charge in [-0.3, -0.25) is 0 Å². The fraction of sp³-hybridized carbons (Fsp3) is 0.0909. The summed E-state index contributed by atoms with van der Waals surface area (Å²) in [6.07, 6.45) is 1.65. The Hall–Kier alpha value is -3.40. The van der Waals surface area contributed by atoms with Crippen LogP contribution in [0.3, 0.4) is 0 Å². The van der Waals surface area contributed by atoms with Crippen molar-refractivity contribution in [1.29, 1.82) is 0 Å². The zero-order chi connectivity index (χ0) is 19.8. The van der Waals surface area contributed by atoms with Crippen LogP contribution in [0.5, 0.6) is 0 Å². The average Bonchev–Trinajstić information content (AvgIpc) is 3.34. The average molecular weight is 340 g/mol. The number of para-hydroxylation sites is 1. The molecule has 0 radical (unpaired) electrons. The molecule has 124 valence electrons. The third-order valence-corrected chi connectivity index (χ3v) is 5.23. The Balaban J connectivity index is 1.89. The lowest BCUT2D eigenvalue weighted by Crippen LogP contribution is -2.33. The molecule has 4 nitrogen and oxygen atoms in total. The summed E-state index contributed by atoms with van der Waals surface area (Å²) in [5.41, 5.74) is 5.34. The van der Waals surface area contributed by atoms with Crippen LogP contribution in [-0.2, 0) is 13.5 Å². The zero-order valence-electron chi connectivity index (χ0n) is 16.9. The topological polar surface area (TPSA) is 26.6 Å². The number of nitrogens with zero attached hydrogens (tertiary/aromatic N) is 4. The first-order chi connectivity index (χ1) is 14.1. The molecule has 0 aliphatic carbocycles. The Morgan fingerprint density at radius 3 is 2.73 bits per heavy atom. The molecule has 4 heteroatoms. The first-order valence-electron chi connectivity index (χ1n) is 10.1. The molecule has 0 spiro atoms. The fourth-order valence-electron chi connectivity index (χ4n) is 4.17. The highest BCUT2D eigenvalue weighted by atomic mass is 15.3. The molecule has 0 atom stereocenters. The number of pyridine rings is 1. The molecule has 0 unspecified atom stereocenters. The number of aromatic nitrogens is 4. The summed E-state index contributed by atoms with van der Waals surface area (Å²) in [6, 6.07) is 22.2. The van der Waals surface area contributed by atoms with Crippen LogP contribution in [0, 0.1) is 0 Å². The second-order valence-electron chi connectivity index (χ2n) is 6.62. The number of imidazole rings is 1. The van der Waals surface area contributed by atoms with Gasteiger partial charge in [0.15, 0.2) is 5.52 Å². The molecular formula is C22H17N4+. The Labute approximate surface area is 154 Å². The van der Waals surface area contributed by atoms with Gasteiger partial charge in [0.25, 0.3) is 5.65 Å². The van der Waals surface area contributed by atoms with Crippen LogP contribution in [-0.4, -0.2) is 14.1 Å². The number of hydrogen-bond acceptors (Lipinski definition) is 1. The smallest absolute Gasteiger partial charge is 0.243 e. The molecule has 5 aromatic rings. The van der Waals surface area contributed by atoms with Crippen LogP contribution < -0.4 is 4.57 Å². The summed E-state index contributed by atoms with van der Waals surface area (Å²) in [5.74, 6) is 1.00. The van der Waals surface area contributed by atoms with Crippen molar-refractivity contribution in [2.24, 2.45) is 6.98 Å². The summed E-state index contributed by atoms with van der Waals surface area (Å²) in [6.45, 7) is -1.71. The van der Waals surface area contributed by atoms with E-state index in [1.54, 1.807) is 6.20 Å². The van der Waals surface area contributed by atoms with E-state index < -0.39 is 6.98 Å². The molecule has 0 fully saturated rings. The molecule has 0 saturated carbocycles. The zero-order valence-corrected chi connectivity index (χ0v) is 13.9. The second kappa shape index (κ2) is 4.82. The summed E-state index contributed by atoms with van der Waals surface area (Å²) in [5, 5.41) is 0.835. The fourth-order valence-corrected chi connectivity index (χ4v) is 4.17. The van der Waals surface area contributed by atoms with Gasteiger partial charge in [-0.15, -0.1) is 0 Å². The molecule has 6 rings (SSSR count). The second-order valence-corrected chi connectivity index (χ2v) is 6.62. The Kier molecular flexibility index (Phi) is 2.09. The van der Waals surface area contributed by atoms with E-state index in [2.05, 4.69) is 38.4 Å². The molecule has 0 saturated heterocycles. The highest BCUT2D eigenvalue weighted by Crippen LogP contribution is 2.37. The van der Waals surface area contributed by atoms with Gasteiger partial charge in [-0.05, 0) is 30.3 Å². The molecule has 2 aromatic carbocycles. The Morgan fingerprint density at radius 1 is 1.00 bits per heavy atom. The van der Waals surface area contributed by atoms with E-state index in [0.717, 1.165) is 28.0 Å². The summed E-state index contributed by atoms with van der Waals surface area (Å²) in [7, 11) is 0. The van der Waals surface area contributed by atoms with Gasteiger partial charge in [-0.25, -0.2) is 18.7 Å². The van der Waals surface area contributed by atoms with E-state index in [0.29, 0.717) is 17.8 Å². The maximum absolute atomic E-state index is 8.22. The number of benzene rings is 2. The first-order valence-corrected chi connectivity index (χ1v) is 8.63. The highest BCUT2D eigenvalue weighted by Gasteiger charge is 2.36. The van der Waals surface area contributed by atoms with Crippen LogP contribution in [0.4, 0.5) is 0 Å². The van der Waals surface area contributed by atoms with E-state index in [4.69, 9.17) is 4.11 Å². The molecule has 26 heavy (non-hydrogen) atoms. The van der Waals surface area contributed by atoms with Gasteiger partial charge in [0, 0.05) is 11.8 Å². The number of rotatable bonds is 1. The Bertz CT molecular complexity index is 1410. The van der Waals surface area contributed by atoms with Gasteiger partial charge in [0.05, 0.1) is 28.6 Å². The van der Waals surface area contributed by atoms with E-state index in [-0.39, 0.29) is 0 Å². The number of hydrogen-bond donors (Lipinski definition) is 0. The molecule has 0 amide bonds. The lowest BCUT2D eigenvalue weighted by atomic mass is 10.1. The van der Waals surface area contributed by atoms with Gasteiger partial charge in [-0.2, -0.15) is 0 Å². The van der Waals surface area contributed by atoms with Crippen molar-refractivity contribution in [2.75, 3.05) is 0 Å². The van der Waals surface area contributed by atoms with Crippen molar-refractivity contribution in [3.05, 3.63) is 78.5 Å². The van der Waals surface area contributed by atoms with Crippen molar-refractivity contribution < 1.29 is 8.68 Å². The third-order valence-electron chi connectivity index (χ3n) is 5.23. The summed E-state index contributed by atoms with van der Waals surface area (Å²) in [4.78, 5) is 4.44. The van der Waals surface area contributed by atoms with E-state index in [1.165, 1.54) is 10.1 Å².